The summed E-state index contributed by atoms with van der Waals surface area (Å²) in [4.78, 5) is 0. The molecule has 1 unspecified atom stereocenters. The van der Waals surface area contributed by atoms with Gasteiger partial charge in [0.2, 0.25) is 5.95 Å². The van der Waals surface area contributed by atoms with Gasteiger partial charge in [-0.3, -0.25) is 0 Å². The number of aromatic nitrogens is 4. The number of benzene rings is 1. The predicted molar refractivity (Wildman–Crippen MR) is 62.0 cm³/mol. The van der Waals surface area contributed by atoms with E-state index in [1.165, 1.54) is 13.2 Å². The average molecular weight is 249 g/mol. The first kappa shape index (κ1) is 10.9. The molecule has 0 radical (unpaired) electrons. The standard InChI is InChI=1S/C11H12FN5O/c1-18-10-3-2-7(6-8(10)12)9-4-5-13-11-14-15-16-17(9)11/h2-3,6,9H,4-5H2,1H3,(H,13,14,16). The van der Waals surface area contributed by atoms with E-state index in [9.17, 15) is 4.39 Å². The highest BCUT2D eigenvalue weighted by Gasteiger charge is 2.24. The van der Waals surface area contributed by atoms with Crippen molar-refractivity contribution in [3.63, 3.8) is 0 Å². The van der Waals surface area contributed by atoms with Gasteiger partial charge in [-0.25, -0.2) is 9.07 Å². The Balaban J connectivity index is 2.00. The summed E-state index contributed by atoms with van der Waals surface area (Å²) in [5.74, 6) is 0.482. The first-order chi connectivity index (χ1) is 8.79. The molecule has 1 atom stereocenters. The van der Waals surface area contributed by atoms with Crippen LogP contribution in [0.25, 0.3) is 0 Å². The summed E-state index contributed by atoms with van der Waals surface area (Å²) >= 11 is 0. The molecule has 0 spiro atoms. The van der Waals surface area contributed by atoms with Gasteiger partial charge in [-0.2, -0.15) is 0 Å². The van der Waals surface area contributed by atoms with Crippen molar-refractivity contribution in [2.24, 2.45) is 0 Å². The van der Waals surface area contributed by atoms with E-state index in [1.54, 1.807) is 10.7 Å². The molecule has 94 valence electrons. The molecular formula is C11H12FN5O. The number of methoxy groups -OCH3 is 1. The molecule has 1 aromatic carbocycles. The average Bonchev–Trinajstić information content (AvgIpc) is 2.86. The fourth-order valence-corrected chi connectivity index (χ4v) is 2.16. The Morgan fingerprint density at radius 2 is 2.39 bits per heavy atom. The van der Waals surface area contributed by atoms with Gasteiger partial charge in [-0.1, -0.05) is 11.2 Å². The van der Waals surface area contributed by atoms with Crippen LogP contribution in [0.15, 0.2) is 18.2 Å². The van der Waals surface area contributed by atoms with E-state index in [2.05, 4.69) is 20.8 Å². The van der Waals surface area contributed by atoms with Crippen molar-refractivity contribution in [2.75, 3.05) is 19.0 Å². The molecule has 1 aliphatic heterocycles. The molecule has 1 N–H and O–H groups in total. The molecule has 7 heteroatoms. The molecule has 2 aromatic rings. The molecule has 1 aromatic heterocycles. The molecule has 0 bridgehead atoms. The van der Waals surface area contributed by atoms with Gasteiger partial charge in [0.15, 0.2) is 11.6 Å². The second-order valence-corrected chi connectivity index (χ2v) is 4.07. The van der Waals surface area contributed by atoms with Crippen LogP contribution in [-0.4, -0.2) is 33.9 Å². The van der Waals surface area contributed by atoms with Crippen LogP contribution in [0.3, 0.4) is 0 Å². The molecular weight excluding hydrogens is 237 g/mol. The van der Waals surface area contributed by atoms with Crippen LogP contribution in [0.1, 0.15) is 18.0 Å². The highest BCUT2D eigenvalue weighted by molar-refractivity contribution is 5.34. The zero-order chi connectivity index (χ0) is 12.5. The smallest absolute Gasteiger partial charge is 0.243 e. The van der Waals surface area contributed by atoms with Gasteiger partial charge in [0.05, 0.1) is 13.2 Å². The van der Waals surface area contributed by atoms with Crippen molar-refractivity contribution in [1.82, 2.24) is 20.2 Å². The Labute approximate surface area is 103 Å². The molecule has 1 aliphatic rings. The van der Waals surface area contributed by atoms with Crippen LogP contribution in [0, 0.1) is 5.82 Å². The van der Waals surface area contributed by atoms with Crippen molar-refractivity contribution in [1.29, 1.82) is 0 Å². The number of tetrazole rings is 1. The van der Waals surface area contributed by atoms with Crippen LogP contribution < -0.4 is 10.1 Å². The quantitative estimate of drug-likeness (QED) is 0.867. The predicted octanol–water partition coefficient (Wildman–Crippen LogP) is 1.23. The third-order valence-electron chi connectivity index (χ3n) is 3.05. The Morgan fingerprint density at radius 1 is 1.50 bits per heavy atom. The number of fused-ring (bicyclic) bond motifs is 1. The molecule has 3 rings (SSSR count). The molecule has 0 saturated carbocycles. The maximum Gasteiger partial charge on any atom is 0.243 e. The number of hydrogen-bond acceptors (Lipinski definition) is 5. The van der Waals surface area contributed by atoms with Crippen molar-refractivity contribution >= 4 is 5.95 Å². The molecule has 2 heterocycles. The van der Waals surface area contributed by atoms with E-state index in [0.717, 1.165) is 18.5 Å². The zero-order valence-electron chi connectivity index (χ0n) is 9.80. The lowest BCUT2D eigenvalue weighted by Crippen LogP contribution is -2.24. The summed E-state index contributed by atoms with van der Waals surface area (Å²) in [5, 5.41) is 14.5. The maximum atomic E-state index is 13.7. The van der Waals surface area contributed by atoms with Crippen molar-refractivity contribution in [3.8, 4) is 5.75 Å². The minimum Gasteiger partial charge on any atom is -0.494 e. The summed E-state index contributed by atoms with van der Waals surface area (Å²) in [7, 11) is 1.45. The molecule has 18 heavy (non-hydrogen) atoms. The second kappa shape index (κ2) is 4.25. The lowest BCUT2D eigenvalue weighted by atomic mass is 10.0. The maximum absolute atomic E-state index is 13.7. The van der Waals surface area contributed by atoms with Crippen LogP contribution in [0.2, 0.25) is 0 Å². The third kappa shape index (κ3) is 1.68. The van der Waals surface area contributed by atoms with Gasteiger partial charge >= 0.3 is 0 Å². The van der Waals surface area contributed by atoms with Gasteiger partial charge in [0, 0.05) is 6.54 Å². The molecule has 0 aliphatic carbocycles. The minimum atomic E-state index is -0.372. The van der Waals surface area contributed by atoms with Crippen LogP contribution in [-0.2, 0) is 0 Å². The normalized spacial score (nSPS) is 18.0. The number of anilines is 1. The van der Waals surface area contributed by atoms with E-state index in [0.29, 0.717) is 5.95 Å². The summed E-state index contributed by atoms with van der Waals surface area (Å²) in [6.45, 7) is 0.763. The monoisotopic (exact) mass is 249 g/mol. The van der Waals surface area contributed by atoms with Crippen molar-refractivity contribution in [2.45, 2.75) is 12.5 Å². The SMILES string of the molecule is COc1ccc(C2CCNc3nnnn32)cc1F. The lowest BCUT2D eigenvalue weighted by molar-refractivity contribution is 0.384. The third-order valence-corrected chi connectivity index (χ3v) is 3.05. The summed E-state index contributed by atoms with van der Waals surface area (Å²) in [5.41, 5.74) is 0.836. The molecule has 0 saturated heterocycles. The second-order valence-electron chi connectivity index (χ2n) is 4.07. The number of nitrogens with zero attached hydrogens (tertiary/aromatic N) is 4. The highest BCUT2D eigenvalue weighted by atomic mass is 19.1. The molecule has 6 nitrogen and oxygen atoms in total. The summed E-state index contributed by atoms with van der Waals surface area (Å²) in [6.07, 6.45) is 0.809. The number of halogens is 1. The van der Waals surface area contributed by atoms with E-state index in [4.69, 9.17) is 4.74 Å². The highest BCUT2D eigenvalue weighted by Crippen LogP contribution is 2.29. The zero-order valence-corrected chi connectivity index (χ0v) is 9.80. The van der Waals surface area contributed by atoms with Gasteiger partial charge < -0.3 is 10.1 Å². The van der Waals surface area contributed by atoms with E-state index in [1.807, 2.05) is 6.07 Å². The van der Waals surface area contributed by atoms with Gasteiger partial charge in [-0.05, 0) is 34.5 Å². The van der Waals surface area contributed by atoms with Crippen LogP contribution in [0.4, 0.5) is 10.3 Å². The summed E-state index contributed by atoms with van der Waals surface area (Å²) < 4.78 is 20.3. The molecule has 0 fully saturated rings. The van der Waals surface area contributed by atoms with Crippen LogP contribution >= 0.6 is 0 Å². The van der Waals surface area contributed by atoms with E-state index >= 15 is 0 Å². The van der Waals surface area contributed by atoms with E-state index in [-0.39, 0.29) is 17.6 Å². The first-order valence-electron chi connectivity index (χ1n) is 5.65. The first-order valence-corrected chi connectivity index (χ1v) is 5.65. The molecule has 0 amide bonds. The van der Waals surface area contributed by atoms with Crippen molar-refractivity contribution in [3.05, 3.63) is 29.6 Å². The summed E-state index contributed by atoms with van der Waals surface area (Å²) in [6, 6.07) is 4.89. The Bertz CT molecular complexity index is 570. The van der Waals surface area contributed by atoms with Gasteiger partial charge in [0.25, 0.3) is 0 Å². The lowest BCUT2D eigenvalue weighted by Gasteiger charge is -2.23. The Kier molecular flexibility index (Phi) is 2.58. The topological polar surface area (TPSA) is 64.9 Å². The minimum absolute atomic E-state index is 0.0448. The van der Waals surface area contributed by atoms with Gasteiger partial charge in [-0.15, -0.1) is 0 Å². The largest absolute Gasteiger partial charge is 0.494 e. The number of ether oxygens (including phenoxy) is 1. The number of rotatable bonds is 2. The fourth-order valence-electron chi connectivity index (χ4n) is 2.16. The Hall–Kier alpha value is -2.18. The number of hydrogen-bond donors (Lipinski definition) is 1. The van der Waals surface area contributed by atoms with Crippen molar-refractivity contribution < 1.29 is 9.13 Å². The Morgan fingerprint density at radius 3 is 3.17 bits per heavy atom. The van der Waals surface area contributed by atoms with E-state index < -0.39 is 0 Å². The number of nitrogens with one attached hydrogen (secondary N) is 1. The fraction of sp³-hybridized carbons (Fsp3) is 0.364. The van der Waals surface area contributed by atoms with Gasteiger partial charge in [0.1, 0.15) is 0 Å². The van der Waals surface area contributed by atoms with Crippen LogP contribution in [0.5, 0.6) is 5.75 Å².